The number of amides is 1. The highest BCUT2D eigenvalue weighted by Crippen LogP contribution is 2.27. The van der Waals surface area contributed by atoms with E-state index in [1.165, 1.54) is 0 Å². The standard InChI is InChI=1S/C12H18N2O2/c13-12(6-1-2-7-12)11(15)14-8-5-10-4-3-9-16-10/h3-4,9H,1-2,5-8,13H2,(H,14,15). The Balaban J connectivity index is 1.75. The second-order valence-corrected chi connectivity index (χ2v) is 4.45. The summed E-state index contributed by atoms with van der Waals surface area (Å²) in [4.78, 5) is 11.8. The van der Waals surface area contributed by atoms with Gasteiger partial charge in [0.05, 0.1) is 11.8 Å². The number of rotatable bonds is 4. The zero-order valence-electron chi connectivity index (χ0n) is 9.37. The summed E-state index contributed by atoms with van der Waals surface area (Å²) in [5.41, 5.74) is 5.40. The molecule has 3 N–H and O–H groups in total. The molecule has 0 aromatic carbocycles. The number of hydrogen-bond donors (Lipinski definition) is 2. The SMILES string of the molecule is NC1(C(=O)NCCc2ccco2)CCCC1. The Hall–Kier alpha value is -1.29. The molecule has 1 aromatic rings. The fourth-order valence-electron chi connectivity index (χ4n) is 2.16. The Kier molecular flexibility index (Phi) is 3.29. The van der Waals surface area contributed by atoms with Crippen molar-refractivity contribution in [2.45, 2.75) is 37.6 Å². The number of furan rings is 1. The highest BCUT2D eigenvalue weighted by molar-refractivity contribution is 5.86. The lowest BCUT2D eigenvalue weighted by molar-refractivity contribution is -0.126. The number of nitrogens with two attached hydrogens (primary N) is 1. The zero-order chi connectivity index (χ0) is 11.4. The van der Waals surface area contributed by atoms with Gasteiger partial charge >= 0.3 is 0 Å². The first-order chi connectivity index (χ1) is 7.71. The quantitative estimate of drug-likeness (QED) is 0.804. The molecule has 0 saturated heterocycles. The number of carbonyl (C=O) groups is 1. The third-order valence-electron chi connectivity index (χ3n) is 3.19. The van der Waals surface area contributed by atoms with E-state index < -0.39 is 5.54 Å². The van der Waals surface area contributed by atoms with Crippen LogP contribution in [-0.2, 0) is 11.2 Å². The summed E-state index contributed by atoms with van der Waals surface area (Å²) in [6.07, 6.45) is 6.08. The molecule has 1 heterocycles. The number of carbonyl (C=O) groups excluding carboxylic acids is 1. The molecule has 2 rings (SSSR count). The minimum absolute atomic E-state index is 0.0171. The lowest BCUT2D eigenvalue weighted by Crippen LogP contribution is -2.52. The Morgan fingerprint density at radius 2 is 2.25 bits per heavy atom. The van der Waals surface area contributed by atoms with E-state index in [0.717, 1.165) is 37.9 Å². The van der Waals surface area contributed by atoms with Gasteiger partial charge in [-0.05, 0) is 25.0 Å². The maximum absolute atomic E-state index is 11.8. The fraction of sp³-hybridized carbons (Fsp3) is 0.583. The van der Waals surface area contributed by atoms with Crippen molar-refractivity contribution >= 4 is 5.91 Å². The molecule has 0 spiro atoms. The van der Waals surface area contributed by atoms with E-state index in [9.17, 15) is 4.79 Å². The van der Waals surface area contributed by atoms with Gasteiger partial charge in [-0.15, -0.1) is 0 Å². The Bertz CT molecular complexity index is 340. The molecule has 1 aliphatic carbocycles. The van der Waals surface area contributed by atoms with Crippen LogP contribution in [0.1, 0.15) is 31.4 Å². The molecule has 4 nitrogen and oxygen atoms in total. The van der Waals surface area contributed by atoms with E-state index in [0.29, 0.717) is 6.54 Å². The first-order valence-electron chi connectivity index (χ1n) is 5.80. The van der Waals surface area contributed by atoms with Gasteiger partial charge in [0.25, 0.3) is 0 Å². The normalized spacial score (nSPS) is 18.6. The van der Waals surface area contributed by atoms with Gasteiger partial charge in [0.2, 0.25) is 5.91 Å². The van der Waals surface area contributed by atoms with Crippen LogP contribution in [0, 0.1) is 0 Å². The summed E-state index contributed by atoms with van der Waals surface area (Å²) < 4.78 is 5.18. The Morgan fingerprint density at radius 1 is 1.50 bits per heavy atom. The average Bonchev–Trinajstić information content (AvgIpc) is 2.90. The summed E-state index contributed by atoms with van der Waals surface area (Å²) in [6.45, 7) is 0.589. The maximum atomic E-state index is 11.8. The monoisotopic (exact) mass is 222 g/mol. The van der Waals surface area contributed by atoms with E-state index in [-0.39, 0.29) is 5.91 Å². The summed E-state index contributed by atoms with van der Waals surface area (Å²) in [6, 6.07) is 3.75. The van der Waals surface area contributed by atoms with Gasteiger partial charge < -0.3 is 15.5 Å². The van der Waals surface area contributed by atoms with Crippen LogP contribution in [0.25, 0.3) is 0 Å². The third kappa shape index (κ3) is 2.44. The van der Waals surface area contributed by atoms with Crippen molar-refractivity contribution < 1.29 is 9.21 Å². The molecule has 0 radical (unpaired) electrons. The minimum atomic E-state index is -0.622. The van der Waals surface area contributed by atoms with Gasteiger partial charge in [-0.3, -0.25) is 4.79 Å². The molecule has 88 valence electrons. The molecule has 1 aromatic heterocycles. The lowest BCUT2D eigenvalue weighted by Gasteiger charge is -2.21. The van der Waals surface area contributed by atoms with Gasteiger partial charge in [0.1, 0.15) is 5.76 Å². The fourth-order valence-corrected chi connectivity index (χ4v) is 2.16. The predicted molar refractivity (Wildman–Crippen MR) is 60.8 cm³/mol. The molecular weight excluding hydrogens is 204 g/mol. The second kappa shape index (κ2) is 4.70. The maximum Gasteiger partial charge on any atom is 0.240 e. The van der Waals surface area contributed by atoms with Crippen LogP contribution >= 0.6 is 0 Å². The van der Waals surface area contributed by atoms with Crippen molar-refractivity contribution in [2.24, 2.45) is 5.73 Å². The third-order valence-corrected chi connectivity index (χ3v) is 3.19. The van der Waals surface area contributed by atoms with E-state index in [1.807, 2.05) is 12.1 Å². The average molecular weight is 222 g/mol. The number of hydrogen-bond acceptors (Lipinski definition) is 3. The molecule has 16 heavy (non-hydrogen) atoms. The van der Waals surface area contributed by atoms with Crippen LogP contribution in [0.2, 0.25) is 0 Å². The molecule has 1 fully saturated rings. The summed E-state index contributed by atoms with van der Waals surface area (Å²) >= 11 is 0. The van der Waals surface area contributed by atoms with Crippen molar-refractivity contribution in [3.8, 4) is 0 Å². The van der Waals surface area contributed by atoms with Gasteiger partial charge in [0.15, 0.2) is 0 Å². The van der Waals surface area contributed by atoms with E-state index in [2.05, 4.69) is 5.32 Å². The first-order valence-corrected chi connectivity index (χ1v) is 5.80. The van der Waals surface area contributed by atoms with E-state index >= 15 is 0 Å². The molecule has 1 saturated carbocycles. The molecule has 0 aliphatic heterocycles. The summed E-state index contributed by atoms with van der Waals surface area (Å²) in [5, 5.41) is 2.88. The Morgan fingerprint density at radius 3 is 2.88 bits per heavy atom. The zero-order valence-corrected chi connectivity index (χ0v) is 9.37. The Labute approximate surface area is 95.2 Å². The van der Waals surface area contributed by atoms with Crippen molar-refractivity contribution in [1.29, 1.82) is 0 Å². The van der Waals surface area contributed by atoms with Gasteiger partial charge in [0, 0.05) is 13.0 Å². The second-order valence-electron chi connectivity index (χ2n) is 4.45. The molecule has 0 bridgehead atoms. The van der Waals surface area contributed by atoms with Gasteiger partial charge in [-0.1, -0.05) is 12.8 Å². The van der Waals surface area contributed by atoms with Crippen molar-refractivity contribution in [3.05, 3.63) is 24.2 Å². The van der Waals surface area contributed by atoms with Gasteiger partial charge in [-0.2, -0.15) is 0 Å². The first kappa shape index (κ1) is 11.2. The van der Waals surface area contributed by atoms with E-state index in [4.69, 9.17) is 10.2 Å². The van der Waals surface area contributed by atoms with Crippen molar-refractivity contribution in [3.63, 3.8) is 0 Å². The molecular formula is C12H18N2O2. The van der Waals surface area contributed by atoms with Crippen LogP contribution in [0.5, 0.6) is 0 Å². The van der Waals surface area contributed by atoms with E-state index in [1.54, 1.807) is 6.26 Å². The molecule has 0 unspecified atom stereocenters. The van der Waals surface area contributed by atoms with Crippen LogP contribution in [0.3, 0.4) is 0 Å². The minimum Gasteiger partial charge on any atom is -0.469 e. The molecule has 0 atom stereocenters. The summed E-state index contributed by atoms with van der Waals surface area (Å²) in [7, 11) is 0. The van der Waals surface area contributed by atoms with Crippen molar-refractivity contribution in [1.82, 2.24) is 5.32 Å². The molecule has 1 amide bonds. The largest absolute Gasteiger partial charge is 0.469 e. The van der Waals surface area contributed by atoms with Crippen LogP contribution < -0.4 is 11.1 Å². The number of nitrogens with one attached hydrogen (secondary N) is 1. The predicted octanol–water partition coefficient (Wildman–Crippen LogP) is 1.21. The molecule has 1 aliphatic rings. The topological polar surface area (TPSA) is 68.3 Å². The van der Waals surface area contributed by atoms with Crippen LogP contribution in [-0.4, -0.2) is 18.0 Å². The van der Waals surface area contributed by atoms with Crippen LogP contribution in [0.15, 0.2) is 22.8 Å². The van der Waals surface area contributed by atoms with Crippen LogP contribution in [0.4, 0.5) is 0 Å². The highest BCUT2D eigenvalue weighted by Gasteiger charge is 2.36. The van der Waals surface area contributed by atoms with Crippen molar-refractivity contribution in [2.75, 3.05) is 6.54 Å². The smallest absolute Gasteiger partial charge is 0.240 e. The highest BCUT2D eigenvalue weighted by atomic mass is 16.3. The lowest BCUT2D eigenvalue weighted by atomic mass is 9.98. The molecule has 4 heteroatoms. The summed E-state index contributed by atoms with van der Waals surface area (Å²) in [5.74, 6) is 0.870. The van der Waals surface area contributed by atoms with Gasteiger partial charge in [-0.25, -0.2) is 0 Å².